The van der Waals surface area contributed by atoms with Gasteiger partial charge in [-0.25, -0.2) is 0 Å². The van der Waals surface area contributed by atoms with Gasteiger partial charge in [0.15, 0.2) is 0 Å². The number of alkyl halides is 3. The van der Waals surface area contributed by atoms with E-state index in [2.05, 4.69) is 20.7 Å². The molecule has 0 amide bonds. The smallest absolute Gasteiger partial charge is 0.573 e. The van der Waals surface area contributed by atoms with E-state index in [0.29, 0.717) is 0 Å². The molecular formula is C7H4BrF3NO-. The van der Waals surface area contributed by atoms with Crippen molar-refractivity contribution in [2.24, 2.45) is 0 Å². The number of benzene rings is 1. The van der Waals surface area contributed by atoms with Crippen molar-refractivity contribution in [3.8, 4) is 5.75 Å². The first kappa shape index (κ1) is 10.2. The zero-order valence-electron chi connectivity index (χ0n) is 6.15. The molecule has 0 aromatic heterocycles. The van der Waals surface area contributed by atoms with Gasteiger partial charge in [0, 0.05) is 4.47 Å². The molecule has 0 aliphatic carbocycles. The lowest BCUT2D eigenvalue weighted by Crippen LogP contribution is -2.16. The maximum atomic E-state index is 11.7. The zero-order chi connectivity index (χ0) is 10.1. The summed E-state index contributed by atoms with van der Waals surface area (Å²) in [4.78, 5) is 0. The third kappa shape index (κ3) is 3.14. The van der Waals surface area contributed by atoms with Crippen molar-refractivity contribution in [2.75, 3.05) is 0 Å². The Bertz CT molecular complexity index is 313. The van der Waals surface area contributed by atoms with Crippen molar-refractivity contribution < 1.29 is 17.9 Å². The summed E-state index contributed by atoms with van der Waals surface area (Å²) in [6.45, 7) is 0. The van der Waals surface area contributed by atoms with Gasteiger partial charge < -0.3 is 10.5 Å². The summed E-state index contributed by atoms with van der Waals surface area (Å²) >= 11 is 2.92. The highest BCUT2D eigenvalue weighted by molar-refractivity contribution is 9.10. The first-order valence-corrected chi connectivity index (χ1v) is 3.95. The fourth-order valence-electron chi connectivity index (χ4n) is 0.693. The average molecular weight is 255 g/mol. The largest absolute Gasteiger partial charge is 0.698 e. The Morgan fingerprint density at radius 1 is 1.31 bits per heavy atom. The number of hydrogen-bond acceptors (Lipinski definition) is 1. The third-order valence-electron chi connectivity index (χ3n) is 1.17. The van der Waals surface area contributed by atoms with E-state index in [1.165, 1.54) is 6.07 Å². The summed E-state index contributed by atoms with van der Waals surface area (Å²) in [6.07, 6.45) is -4.69. The van der Waals surface area contributed by atoms with E-state index in [1.54, 1.807) is 0 Å². The molecule has 13 heavy (non-hydrogen) atoms. The minimum Gasteiger partial charge on any atom is -0.698 e. The second-order valence-corrected chi connectivity index (χ2v) is 3.04. The van der Waals surface area contributed by atoms with E-state index in [9.17, 15) is 13.2 Å². The van der Waals surface area contributed by atoms with Gasteiger partial charge in [-0.1, -0.05) is 22.0 Å². The third-order valence-corrected chi connectivity index (χ3v) is 1.83. The molecule has 0 bridgehead atoms. The Balaban J connectivity index is 2.86. The van der Waals surface area contributed by atoms with Gasteiger partial charge in [-0.2, -0.15) is 0 Å². The maximum absolute atomic E-state index is 11.7. The van der Waals surface area contributed by atoms with Crippen LogP contribution >= 0.6 is 15.9 Å². The van der Waals surface area contributed by atoms with Crippen molar-refractivity contribution in [1.82, 2.24) is 0 Å². The molecule has 0 radical (unpaired) electrons. The Morgan fingerprint density at radius 2 is 1.92 bits per heavy atom. The van der Waals surface area contributed by atoms with E-state index in [-0.39, 0.29) is 15.9 Å². The van der Waals surface area contributed by atoms with Crippen LogP contribution in [0.4, 0.5) is 18.9 Å². The highest BCUT2D eigenvalue weighted by atomic mass is 79.9. The normalized spacial score (nSPS) is 11.4. The molecule has 1 N–H and O–H groups in total. The molecule has 6 heteroatoms. The topological polar surface area (TPSA) is 33.0 Å². The molecule has 0 saturated heterocycles. The molecule has 72 valence electrons. The van der Waals surface area contributed by atoms with Crippen LogP contribution in [0.15, 0.2) is 22.7 Å². The standard InChI is InChI=1S/C7H4BrF3NO/c8-5-3-4(1-2-6(5)12)13-7(9,10)11/h1-3,12H/q-1. The fraction of sp³-hybridized carbons (Fsp3) is 0.143. The molecule has 0 unspecified atom stereocenters. The van der Waals surface area contributed by atoms with E-state index < -0.39 is 6.36 Å². The number of hydrogen-bond donors (Lipinski definition) is 0. The molecule has 1 aromatic carbocycles. The SMILES string of the molecule is [NH-]c1ccc(OC(F)(F)F)cc1Br. The summed E-state index contributed by atoms with van der Waals surface area (Å²) in [5.74, 6) is -0.338. The second kappa shape index (κ2) is 3.45. The van der Waals surface area contributed by atoms with Crippen LogP contribution < -0.4 is 4.74 Å². The average Bonchev–Trinajstić information content (AvgIpc) is 1.94. The van der Waals surface area contributed by atoms with Crippen LogP contribution in [0.25, 0.3) is 5.73 Å². The highest BCUT2D eigenvalue weighted by Gasteiger charge is 2.30. The number of halogens is 4. The van der Waals surface area contributed by atoms with Crippen molar-refractivity contribution in [3.63, 3.8) is 0 Å². The highest BCUT2D eigenvalue weighted by Crippen LogP contribution is 2.31. The van der Waals surface area contributed by atoms with Gasteiger partial charge >= 0.3 is 6.36 Å². The van der Waals surface area contributed by atoms with Crippen molar-refractivity contribution in [1.29, 1.82) is 0 Å². The molecule has 0 saturated carbocycles. The summed E-state index contributed by atoms with van der Waals surface area (Å²) in [7, 11) is 0. The molecule has 0 heterocycles. The molecule has 0 aliphatic heterocycles. The molecule has 0 fully saturated rings. The van der Waals surface area contributed by atoms with Crippen molar-refractivity contribution in [3.05, 3.63) is 28.4 Å². The van der Waals surface area contributed by atoms with Gasteiger partial charge in [0.2, 0.25) is 0 Å². The Morgan fingerprint density at radius 3 is 2.38 bits per heavy atom. The van der Waals surface area contributed by atoms with Gasteiger partial charge in [0.05, 0.1) is 0 Å². The van der Waals surface area contributed by atoms with Crippen LogP contribution in [0, 0.1) is 0 Å². The predicted octanol–water partition coefficient (Wildman–Crippen LogP) is 4.03. The molecule has 2 nitrogen and oxygen atoms in total. The molecule has 0 atom stereocenters. The Kier molecular flexibility index (Phi) is 2.70. The lowest BCUT2D eigenvalue weighted by atomic mass is 10.3. The molecular weight excluding hydrogens is 251 g/mol. The number of ether oxygens (including phenoxy) is 1. The second-order valence-electron chi connectivity index (χ2n) is 2.19. The van der Waals surface area contributed by atoms with Gasteiger partial charge in [-0.3, -0.25) is 0 Å². The molecule has 0 spiro atoms. The summed E-state index contributed by atoms with van der Waals surface area (Å²) in [5, 5.41) is 0. The lowest BCUT2D eigenvalue weighted by Gasteiger charge is -2.11. The van der Waals surface area contributed by atoms with E-state index in [1.807, 2.05) is 0 Å². The van der Waals surface area contributed by atoms with Gasteiger partial charge in [-0.15, -0.1) is 18.9 Å². The molecule has 0 aliphatic rings. The van der Waals surface area contributed by atoms with Crippen LogP contribution in [0.2, 0.25) is 0 Å². The van der Waals surface area contributed by atoms with Crippen LogP contribution in [0.1, 0.15) is 0 Å². The minimum atomic E-state index is -4.69. The van der Waals surface area contributed by atoms with Crippen LogP contribution in [0.5, 0.6) is 5.75 Å². The van der Waals surface area contributed by atoms with Gasteiger partial charge in [0.1, 0.15) is 5.75 Å². The quantitative estimate of drug-likeness (QED) is 0.745. The number of rotatable bonds is 1. The number of nitrogens with one attached hydrogen (secondary N) is 1. The van der Waals surface area contributed by atoms with E-state index >= 15 is 0 Å². The van der Waals surface area contributed by atoms with Crippen LogP contribution in [-0.2, 0) is 0 Å². The Hall–Kier alpha value is -0.910. The van der Waals surface area contributed by atoms with Crippen LogP contribution in [0.3, 0.4) is 0 Å². The maximum Gasteiger partial charge on any atom is 0.573 e. The van der Waals surface area contributed by atoms with Gasteiger partial charge in [-0.05, 0) is 12.1 Å². The van der Waals surface area contributed by atoms with E-state index in [4.69, 9.17) is 5.73 Å². The first-order chi connectivity index (χ1) is 5.88. The first-order valence-electron chi connectivity index (χ1n) is 3.15. The summed E-state index contributed by atoms with van der Waals surface area (Å²) in [6, 6.07) is 3.39. The predicted molar refractivity (Wildman–Crippen MR) is 44.8 cm³/mol. The monoisotopic (exact) mass is 254 g/mol. The molecule has 1 rings (SSSR count). The minimum absolute atomic E-state index is 0.106. The lowest BCUT2D eigenvalue weighted by molar-refractivity contribution is -0.274. The van der Waals surface area contributed by atoms with Crippen molar-refractivity contribution in [2.45, 2.75) is 6.36 Å². The van der Waals surface area contributed by atoms with Crippen LogP contribution in [-0.4, -0.2) is 6.36 Å². The summed E-state index contributed by atoms with van der Waals surface area (Å²) < 4.78 is 39.0. The van der Waals surface area contributed by atoms with Gasteiger partial charge in [0.25, 0.3) is 0 Å². The van der Waals surface area contributed by atoms with E-state index in [0.717, 1.165) is 12.1 Å². The molecule has 1 aromatic rings. The zero-order valence-corrected chi connectivity index (χ0v) is 7.74. The summed E-state index contributed by atoms with van der Waals surface area (Å²) in [5.41, 5.74) is 7.27. The van der Waals surface area contributed by atoms with Crippen molar-refractivity contribution >= 4 is 21.6 Å². The fourth-order valence-corrected chi connectivity index (χ4v) is 1.05. The Labute approximate surface area is 80.6 Å².